The van der Waals surface area contributed by atoms with Crippen molar-refractivity contribution < 1.29 is 9.53 Å². The zero-order chi connectivity index (χ0) is 16.2. The Labute approximate surface area is 136 Å². The van der Waals surface area contributed by atoms with Crippen molar-refractivity contribution in [3.8, 4) is 0 Å². The Balaban J connectivity index is 1.76. The molecule has 1 aliphatic heterocycles. The molecule has 1 aliphatic rings. The molecule has 1 aromatic carbocycles. The maximum absolute atomic E-state index is 12.5. The minimum Gasteiger partial charge on any atom is -0.378 e. The fourth-order valence-corrected chi connectivity index (χ4v) is 2.80. The minimum absolute atomic E-state index is 0.141. The summed E-state index contributed by atoms with van der Waals surface area (Å²) >= 11 is 0. The normalized spacial score (nSPS) is 14.6. The molecule has 2 aromatic rings. The largest absolute Gasteiger partial charge is 0.378 e. The van der Waals surface area contributed by atoms with Crippen LogP contribution in [0.4, 0.5) is 11.4 Å². The SMILES string of the molecule is Cc1cc(C)cc(NC(=O)c2cncc(N3CCOCC3)c2)c1. The third-order valence-corrected chi connectivity index (χ3v) is 3.84. The molecule has 1 fully saturated rings. The fraction of sp³-hybridized carbons (Fsp3) is 0.333. The number of anilines is 2. The van der Waals surface area contributed by atoms with Gasteiger partial charge in [0.25, 0.3) is 5.91 Å². The molecule has 5 nitrogen and oxygen atoms in total. The number of hydrogen-bond acceptors (Lipinski definition) is 4. The van der Waals surface area contributed by atoms with Gasteiger partial charge in [-0.1, -0.05) is 6.07 Å². The van der Waals surface area contributed by atoms with Crippen LogP contribution in [0.1, 0.15) is 21.5 Å². The summed E-state index contributed by atoms with van der Waals surface area (Å²) in [6.45, 7) is 7.10. The van der Waals surface area contributed by atoms with E-state index in [1.54, 1.807) is 12.4 Å². The molecule has 0 spiro atoms. The number of nitrogens with zero attached hydrogens (tertiary/aromatic N) is 2. The quantitative estimate of drug-likeness (QED) is 0.947. The van der Waals surface area contributed by atoms with Gasteiger partial charge >= 0.3 is 0 Å². The molecule has 1 N–H and O–H groups in total. The van der Waals surface area contributed by atoms with Gasteiger partial charge in [-0.3, -0.25) is 9.78 Å². The maximum atomic E-state index is 12.5. The number of hydrogen-bond donors (Lipinski definition) is 1. The van der Waals surface area contributed by atoms with Crippen LogP contribution in [0.15, 0.2) is 36.7 Å². The third-order valence-electron chi connectivity index (χ3n) is 3.84. The van der Waals surface area contributed by atoms with Crippen molar-refractivity contribution in [3.05, 3.63) is 53.3 Å². The van der Waals surface area contributed by atoms with E-state index in [4.69, 9.17) is 4.74 Å². The van der Waals surface area contributed by atoms with Crippen LogP contribution in [0, 0.1) is 13.8 Å². The number of aryl methyl sites for hydroxylation is 2. The lowest BCUT2D eigenvalue weighted by molar-refractivity contribution is 0.102. The van der Waals surface area contributed by atoms with Crippen molar-refractivity contribution in [2.45, 2.75) is 13.8 Å². The Bertz CT molecular complexity index is 689. The number of carbonyl (C=O) groups is 1. The fourth-order valence-electron chi connectivity index (χ4n) is 2.80. The second kappa shape index (κ2) is 6.79. The van der Waals surface area contributed by atoms with Gasteiger partial charge < -0.3 is 15.0 Å². The number of benzene rings is 1. The molecule has 23 heavy (non-hydrogen) atoms. The highest BCUT2D eigenvalue weighted by Gasteiger charge is 2.14. The van der Waals surface area contributed by atoms with Gasteiger partial charge in [0.1, 0.15) is 0 Å². The highest BCUT2D eigenvalue weighted by atomic mass is 16.5. The van der Waals surface area contributed by atoms with E-state index >= 15 is 0 Å². The lowest BCUT2D eigenvalue weighted by Crippen LogP contribution is -2.36. The summed E-state index contributed by atoms with van der Waals surface area (Å²) in [5.41, 5.74) is 4.58. The number of rotatable bonds is 3. The standard InChI is InChI=1S/C18H21N3O2/c1-13-7-14(2)9-16(8-13)20-18(22)15-10-17(12-19-11-15)21-3-5-23-6-4-21/h7-12H,3-6H2,1-2H3,(H,20,22). The van der Waals surface area contributed by atoms with Gasteiger partial charge in [-0.05, 0) is 43.2 Å². The zero-order valence-corrected chi connectivity index (χ0v) is 13.5. The van der Waals surface area contributed by atoms with Crippen molar-refractivity contribution in [1.29, 1.82) is 0 Å². The lowest BCUT2D eigenvalue weighted by Gasteiger charge is -2.28. The van der Waals surface area contributed by atoms with Crippen molar-refractivity contribution in [1.82, 2.24) is 4.98 Å². The van der Waals surface area contributed by atoms with Gasteiger partial charge in [0.2, 0.25) is 0 Å². The first-order chi connectivity index (χ1) is 11.1. The number of nitrogens with one attached hydrogen (secondary N) is 1. The molecule has 120 valence electrons. The van der Waals surface area contributed by atoms with Gasteiger partial charge in [0, 0.05) is 25.0 Å². The second-order valence-corrected chi connectivity index (χ2v) is 5.86. The highest BCUT2D eigenvalue weighted by Crippen LogP contribution is 2.18. The van der Waals surface area contributed by atoms with Crippen molar-refractivity contribution in [2.24, 2.45) is 0 Å². The Morgan fingerprint density at radius 1 is 1.09 bits per heavy atom. The average Bonchev–Trinajstić information content (AvgIpc) is 2.55. The molecule has 0 radical (unpaired) electrons. The van der Waals surface area contributed by atoms with Crippen LogP contribution in [0.2, 0.25) is 0 Å². The van der Waals surface area contributed by atoms with E-state index in [2.05, 4.69) is 21.3 Å². The molecule has 5 heteroatoms. The molecule has 3 rings (SSSR count). The van der Waals surface area contributed by atoms with Gasteiger partial charge in [-0.2, -0.15) is 0 Å². The van der Waals surface area contributed by atoms with E-state index in [1.807, 2.05) is 32.0 Å². The first-order valence-corrected chi connectivity index (χ1v) is 7.79. The van der Waals surface area contributed by atoms with Crippen LogP contribution < -0.4 is 10.2 Å². The average molecular weight is 311 g/mol. The van der Waals surface area contributed by atoms with Crippen LogP contribution in [0.25, 0.3) is 0 Å². The topological polar surface area (TPSA) is 54.5 Å². The third kappa shape index (κ3) is 3.87. The molecule has 0 unspecified atom stereocenters. The van der Waals surface area contributed by atoms with Gasteiger partial charge in [-0.15, -0.1) is 0 Å². The van der Waals surface area contributed by atoms with E-state index in [9.17, 15) is 4.79 Å². The van der Waals surface area contributed by atoms with Gasteiger partial charge in [-0.25, -0.2) is 0 Å². The second-order valence-electron chi connectivity index (χ2n) is 5.86. The lowest BCUT2D eigenvalue weighted by atomic mass is 10.1. The van der Waals surface area contributed by atoms with E-state index in [0.29, 0.717) is 18.8 Å². The summed E-state index contributed by atoms with van der Waals surface area (Å²) in [5.74, 6) is -0.141. The Hall–Kier alpha value is -2.40. The van der Waals surface area contributed by atoms with E-state index in [1.165, 1.54) is 0 Å². The Morgan fingerprint density at radius 2 is 1.78 bits per heavy atom. The Kier molecular flexibility index (Phi) is 4.57. The molecular weight excluding hydrogens is 290 g/mol. The number of aromatic nitrogens is 1. The molecule has 0 aliphatic carbocycles. The predicted molar refractivity (Wildman–Crippen MR) is 91.1 cm³/mol. The summed E-state index contributed by atoms with van der Waals surface area (Å²) in [4.78, 5) is 18.9. The minimum atomic E-state index is -0.141. The van der Waals surface area contributed by atoms with Crippen LogP contribution >= 0.6 is 0 Å². The molecule has 2 heterocycles. The maximum Gasteiger partial charge on any atom is 0.257 e. The van der Waals surface area contributed by atoms with E-state index in [-0.39, 0.29) is 5.91 Å². The molecule has 1 aromatic heterocycles. The van der Waals surface area contributed by atoms with Gasteiger partial charge in [0.15, 0.2) is 0 Å². The molecule has 1 saturated heterocycles. The number of pyridine rings is 1. The summed E-state index contributed by atoms with van der Waals surface area (Å²) in [7, 11) is 0. The van der Waals surface area contributed by atoms with Crippen LogP contribution in [0.3, 0.4) is 0 Å². The molecular formula is C18H21N3O2. The summed E-state index contributed by atoms with van der Waals surface area (Å²) < 4.78 is 5.36. The van der Waals surface area contributed by atoms with E-state index in [0.717, 1.165) is 35.6 Å². The molecule has 1 amide bonds. The number of ether oxygens (including phenoxy) is 1. The monoisotopic (exact) mass is 311 g/mol. The first kappa shape index (κ1) is 15.5. The molecule has 0 saturated carbocycles. The Morgan fingerprint density at radius 3 is 2.48 bits per heavy atom. The van der Waals surface area contributed by atoms with Crippen molar-refractivity contribution >= 4 is 17.3 Å². The molecule has 0 atom stereocenters. The molecule has 0 bridgehead atoms. The van der Waals surface area contributed by atoms with Crippen molar-refractivity contribution in [3.63, 3.8) is 0 Å². The van der Waals surface area contributed by atoms with E-state index < -0.39 is 0 Å². The van der Waals surface area contributed by atoms with Gasteiger partial charge in [0.05, 0.1) is 30.7 Å². The van der Waals surface area contributed by atoms with Crippen LogP contribution in [-0.2, 0) is 4.74 Å². The highest BCUT2D eigenvalue weighted by molar-refractivity contribution is 6.04. The number of carbonyl (C=O) groups excluding carboxylic acids is 1. The smallest absolute Gasteiger partial charge is 0.257 e. The predicted octanol–water partition coefficient (Wildman–Crippen LogP) is 2.79. The zero-order valence-electron chi connectivity index (χ0n) is 13.5. The summed E-state index contributed by atoms with van der Waals surface area (Å²) in [6.07, 6.45) is 3.39. The summed E-state index contributed by atoms with van der Waals surface area (Å²) in [6, 6.07) is 7.89. The van der Waals surface area contributed by atoms with Crippen molar-refractivity contribution in [2.75, 3.05) is 36.5 Å². The number of morpholine rings is 1. The van der Waals surface area contributed by atoms with Crippen LogP contribution in [0.5, 0.6) is 0 Å². The van der Waals surface area contributed by atoms with Crippen LogP contribution in [-0.4, -0.2) is 37.2 Å². The summed E-state index contributed by atoms with van der Waals surface area (Å²) in [5, 5.41) is 2.95. The number of amides is 1. The first-order valence-electron chi connectivity index (χ1n) is 7.79.